The largest absolute Gasteiger partial charge is 0.493 e. The molecule has 2 aromatic carbocycles. The molecule has 0 bridgehead atoms. The van der Waals surface area contributed by atoms with Crippen molar-refractivity contribution < 1.29 is 22.7 Å². The molecule has 0 unspecified atom stereocenters. The smallest absolute Gasteiger partial charge is 0.343 e. The van der Waals surface area contributed by atoms with Gasteiger partial charge >= 0.3 is 5.97 Å². The highest BCUT2D eigenvalue weighted by molar-refractivity contribution is 7.89. The molecule has 10 nitrogen and oxygen atoms in total. The maximum absolute atomic E-state index is 12.8. The van der Waals surface area contributed by atoms with Gasteiger partial charge in [-0.1, -0.05) is 26.3 Å². The number of nitriles is 1. The molecule has 0 saturated heterocycles. The zero-order chi connectivity index (χ0) is 28.0. The minimum absolute atomic E-state index is 0.106. The molecule has 2 heterocycles. The molecule has 4 rings (SSSR count). The summed E-state index contributed by atoms with van der Waals surface area (Å²) in [5.41, 5.74) is 1.24. The molecule has 0 aliphatic carbocycles. The Hall–Kier alpha value is -4.01. The number of aromatic nitrogens is 3. The Kier molecular flexibility index (Phi) is 8.79. The van der Waals surface area contributed by atoms with Crippen molar-refractivity contribution in [2.45, 2.75) is 51.0 Å². The number of hydrogen-bond donors (Lipinski definition) is 0. The number of methoxy groups -OCH3 is 1. The number of rotatable bonds is 9. The van der Waals surface area contributed by atoms with E-state index in [9.17, 15) is 18.5 Å². The molecule has 0 N–H and O–H groups in total. The summed E-state index contributed by atoms with van der Waals surface area (Å²) in [6, 6.07) is 12.8. The van der Waals surface area contributed by atoms with Crippen LogP contribution in [0.1, 0.15) is 60.7 Å². The topological polar surface area (TPSA) is 127 Å². The molecule has 0 atom stereocenters. The Labute approximate surface area is 228 Å². The van der Waals surface area contributed by atoms with Crippen LogP contribution in [0.15, 0.2) is 47.4 Å². The molecular formula is C28H31N5O5S. The molecule has 39 heavy (non-hydrogen) atoms. The van der Waals surface area contributed by atoms with Crippen LogP contribution in [0.5, 0.6) is 11.5 Å². The van der Waals surface area contributed by atoms with E-state index in [4.69, 9.17) is 9.47 Å². The van der Waals surface area contributed by atoms with Crippen molar-refractivity contribution >= 4 is 27.6 Å². The zero-order valence-corrected chi connectivity index (χ0v) is 23.1. The number of aryl methyl sites for hydroxylation is 1. The second kappa shape index (κ2) is 12.2. The number of sulfonamides is 1. The lowest BCUT2D eigenvalue weighted by Gasteiger charge is -2.18. The maximum atomic E-state index is 12.8. The molecule has 1 aromatic heterocycles. The normalized spacial score (nSPS) is 13.9. The molecule has 0 radical (unpaired) electrons. The van der Waals surface area contributed by atoms with Gasteiger partial charge in [-0.3, -0.25) is 0 Å². The first-order valence-corrected chi connectivity index (χ1v) is 14.3. The quantitative estimate of drug-likeness (QED) is 0.219. The van der Waals surface area contributed by atoms with Gasteiger partial charge in [0, 0.05) is 26.1 Å². The van der Waals surface area contributed by atoms with Gasteiger partial charge in [-0.25, -0.2) is 13.2 Å². The van der Waals surface area contributed by atoms with E-state index in [2.05, 4.69) is 16.3 Å². The molecule has 3 aromatic rings. The zero-order valence-electron chi connectivity index (χ0n) is 22.3. The van der Waals surface area contributed by atoms with Gasteiger partial charge in [-0.05, 0) is 60.9 Å². The lowest BCUT2D eigenvalue weighted by atomic mass is 10.1. The standard InChI is InChI=1S/C28H31N5O5S/c1-4-32(5-2)39(35,36)23-13-11-21(12-14-23)28(34)38-24-15-10-20(18-25(24)37-3)17-22(19-29)27-31-30-26-9-7-6-8-16-33(26)27/h10-15,17-18H,4-9,16H2,1-3H3/b22-17+. The van der Waals surface area contributed by atoms with E-state index in [1.165, 1.54) is 35.7 Å². The second-order valence-electron chi connectivity index (χ2n) is 8.99. The summed E-state index contributed by atoms with van der Waals surface area (Å²) < 4.78 is 39.7. The first-order chi connectivity index (χ1) is 18.8. The third-order valence-electron chi connectivity index (χ3n) is 6.61. The summed E-state index contributed by atoms with van der Waals surface area (Å²) in [5.74, 6) is 1.26. The van der Waals surface area contributed by atoms with Crippen molar-refractivity contribution in [3.8, 4) is 17.6 Å². The molecule has 204 valence electrons. The van der Waals surface area contributed by atoms with Gasteiger partial charge in [0.1, 0.15) is 11.9 Å². The minimum Gasteiger partial charge on any atom is -0.493 e. The summed E-state index contributed by atoms with van der Waals surface area (Å²) >= 11 is 0. The molecule has 0 spiro atoms. The Morgan fingerprint density at radius 1 is 1.08 bits per heavy atom. The van der Waals surface area contributed by atoms with Crippen LogP contribution in [0, 0.1) is 11.3 Å². The van der Waals surface area contributed by atoms with Gasteiger partial charge in [0.15, 0.2) is 17.3 Å². The van der Waals surface area contributed by atoms with Gasteiger partial charge in [0.25, 0.3) is 0 Å². The summed E-state index contributed by atoms with van der Waals surface area (Å²) in [6.45, 7) is 5.02. The third-order valence-corrected chi connectivity index (χ3v) is 8.67. The monoisotopic (exact) mass is 549 g/mol. The number of carbonyl (C=O) groups is 1. The number of carbonyl (C=O) groups excluding carboxylic acids is 1. The number of nitrogens with zero attached hydrogens (tertiary/aromatic N) is 5. The van der Waals surface area contributed by atoms with Crippen LogP contribution in [0.3, 0.4) is 0 Å². The van der Waals surface area contributed by atoms with Crippen LogP contribution in [-0.4, -0.2) is 53.7 Å². The molecule has 0 fully saturated rings. The van der Waals surface area contributed by atoms with Crippen LogP contribution in [0.25, 0.3) is 11.6 Å². The van der Waals surface area contributed by atoms with Crippen LogP contribution >= 0.6 is 0 Å². The van der Waals surface area contributed by atoms with Crippen molar-refractivity contribution in [2.24, 2.45) is 0 Å². The molecular weight excluding hydrogens is 518 g/mol. The Morgan fingerprint density at radius 2 is 1.82 bits per heavy atom. The number of ether oxygens (including phenoxy) is 2. The van der Waals surface area contributed by atoms with Gasteiger partial charge in [-0.15, -0.1) is 10.2 Å². The molecule has 1 aliphatic heterocycles. The van der Waals surface area contributed by atoms with Gasteiger partial charge in [0.2, 0.25) is 10.0 Å². The van der Waals surface area contributed by atoms with Crippen LogP contribution in [0.2, 0.25) is 0 Å². The second-order valence-corrected chi connectivity index (χ2v) is 10.9. The SMILES string of the molecule is CCN(CC)S(=O)(=O)c1ccc(C(=O)Oc2ccc(/C=C(\C#N)c3nnc4n3CCCCC4)cc2OC)cc1. The predicted octanol–water partition coefficient (Wildman–Crippen LogP) is 4.33. The van der Waals surface area contributed by atoms with Gasteiger partial charge < -0.3 is 14.0 Å². The number of benzene rings is 2. The summed E-state index contributed by atoms with van der Waals surface area (Å²) in [5, 5.41) is 18.4. The fourth-order valence-corrected chi connectivity index (χ4v) is 5.95. The molecule has 0 amide bonds. The Balaban J connectivity index is 1.54. The highest BCUT2D eigenvalue weighted by Gasteiger charge is 2.22. The molecule has 11 heteroatoms. The fourth-order valence-electron chi connectivity index (χ4n) is 4.49. The summed E-state index contributed by atoms with van der Waals surface area (Å²) in [6.07, 6.45) is 5.73. The average molecular weight is 550 g/mol. The van der Waals surface area contributed by atoms with Crippen molar-refractivity contribution in [1.29, 1.82) is 5.26 Å². The van der Waals surface area contributed by atoms with Crippen LogP contribution in [-0.2, 0) is 23.0 Å². The summed E-state index contributed by atoms with van der Waals surface area (Å²) in [7, 11) is -2.18. The molecule has 0 saturated carbocycles. The lowest BCUT2D eigenvalue weighted by molar-refractivity contribution is 0.0729. The minimum atomic E-state index is -3.63. The number of esters is 1. The van der Waals surface area contributed by atoms with E-state index >= 15 is 0 Å². The van der Waals surface area contributed by atoms with Crippen molar-refractivity contribution in [1.82, 2.24) is 19.1 Å². The predicted molar refractivity (Wildman–Crippen MR) is 146 cm³/mol. The first kappa shape index (κ1) is 28.0. The first-order valence-electron chi connectivity index (χ1n) is 12.9. The number of allylic oxidation sites excluding steroid dienone is 1. The number of fused-ring (bicyclic) bond motifs is 1. The highest BCUT2D eigenvalue weighted by atomic mass is 32.2. The van der Waals surface area contributed by atoms with E-state index < -0.39 is 16.0 Å². The fraction of sp³-hybridized carbons (Fsp3) is 0.357. The van der Waals surface area contributed by atoms with Crippen LogP contribution < -0.4 is 9.47 Å². The van der Waals surface area contributed by atoms with Gasteiger partial charge in [-0.2, -0.15) is 9.57 Å². The van der Waals surface area contributed by atoms with Crippen LogP contribution in [0.4, 0.5) is 0 Å². The Morgan fingerprint density at radius 3 is 2.49 bits per heavy atom. The highest BCUT2D eigenvalue weighted by Crippen LogP contribution is 2.31. The van der Waals surface area contributed by atoms with E-state index in [-0.39, 0.29) is 16.2 Å². The Bertz CT molecular complexity index is 1520. The van der Waals surface area contributed by atoms with Crippen molar-refractivity contribution in [3.63, 3.8) is 0 Å². The summed E-state index contributed by atoms with van der Waals surface area (Å²) in [4.78, 5) is 12.9. The molecule has 1 aliphatic rings. The maximum Gasteiger partial charge on any atom is 0.343 e. The van der Waals surface area contributed by atoms with E-state index in [0.29, 0.717) is 35.8 Å². The lowest BCUT2D eigenvalue weighted by Crippen LogP contribution is -2.30. The van der Waals surface area contributed by atoms with Gasteiger partial charge in [0.05, 0.1) is 23.1 Å². The van der Waals surface area contributed by atoms with E-state index in [0.717, 1.165) is 38.1 Å². The van der Waals surface area contributed by atoms with Crippen molar-refractivity contribution in [3.05, 3.63) is 65.2 Å². The van der Waals surface area contributed by atoms with E-state index in [1.807, 2.05) is 4.57 Å². The van der Waals surface area contributed by atoms with E-state index in [1.54, 1.807) is 38.1 Å². The number of hydrogen-bond acceptors (Lipinski definition) is 8. The third kappa shape index (κ3) is 6.02. The van der Waals surface area contributed by atoms with Crippen molar-refractivity contribution in [2.75, 3.05) is 20.2 Å². The average Bonchev–Trinajstić information content (AvgIpc) is 3.20.